The van der Waals surface area contributed by atoms with Crippen LogP contribution in [0.15, 0.2) is 58.4 Å². The molecule has 1 fully saturated rings. The first-order valence-electron chi connectivity index (χ1n) is 11.1. The number of pyridine rings is 1. The highest BCUT2D eigenvalue weighted by atomic mass is 32.2. The van der Waals surface area contributed by atoms with E-state index in [4.69, 9.17) is 14.3 Å². The van der Waals surface area contributed by atoms with Crippen LogP contribution >= 0.6 is 11.8 Å². The number of aryl methyl sites for hydroxylation is 2. The molecule has 0 radical (unpaired) electrons. The van der Waals surface area contributed by atoms with Crippen molar-refractivity contribution in [3.8, 4) is 17.0 Å². The fraction of sp³-hybridized carbons (Fsp3) is 0.346. The molecule has 32 heavy (non-hydrogen) atoms. The van der Waals surface area contributed by atoms with Gasteiger partial charge in [0.05, 0.1) is 36.5 Å². The quantitative estimate of drug-likeness (QED) is 0.294. The predicted octanol–water partition coefficient (Wildman–Crippen LogP) is 6.36. The van der Waals surface area contributed by atoms with Gasteiger partial charge in [-0.3, -0.25) is 0 Å². The Morgan fingerprint density at radius 1 is 1.22 bits per heavy atom. The van der Waals surface area contributed by atoms with E-state index in [1.165, 1.54) is 35.2 Å². The molecule has 1 aliphatic carbocycles. The smallest absolute Gasteiger partial charge is 0.142 e. The molecule has 0 saturated heterocycles. The van der Waals surface area contributed by atoms with Crippen molar-refractivity contribution in [1.29, 1.82) is 0 Å². The summed E-state index contributed by atoms with van der Waals surface area (Å²) in [6, 6.07) is 12.8. The van der Waals surface area contributed by atoms with Gasteiger partial charge in [-0.05, 0) is 74.3 Å². The zero-order valence-corrected chi connectivity index (χ0v) is 19.9. The third-order valence-electron chi connectivity index (χ3n) is 6.16. The molecule has 0 atom stereocenters. The SMILES string of the molecule is COc1cc(C)cc(C)c1-c1cccc2c(N(Cc3ccoc3)CC3CC3)c(SC)nn12. The number of benzene rings is 1. The molecule has 0 unspecified atom stereocenters. The summed E-state index contributed by atoms with van der Waals surface area (Å²) in [7, 11) is 1.74. The zero-order valence-electron chi connectivity index (χ0n) is 19.1. The van der Waals surface area contributed by atoms with E-state index in [1.807, 2.05) is 6.26 Å². The molecule has 3 heterocycles. The number of thioether (sulfide) groups is 1. The maximum Gasteiger partial charge on any atom is 0.142 e. The molecular formula is C26H29N3O2S. The summed E-state index contributed by atoms with van der Waals surface area (Å²) in [5, 5.41) is 6.13. The number of furan rings is 1. The van der Waals surface area contributed by atoms with Crippen molar-refractivity contribution in [1.82, 2.24) is 9.61 Å². The number of aromatic nitrogens is 2. The highest BCUT2D eigenvalue weighted by Crippen LogP contribution is 2.41. The van der Waals surface area contributed by atoms with E-state index in [1.54, 1.807) is 25.1 Å². The van der Waals surface area contributed by atoms with Crippen molar-refractivity contribution in [2.75, 3.05) is 24.8 Å². The minimum Gasteiger partial charge on any atom is -0.496 e. The van der Waals surface area contributed by atoms with Crippen LogP contribution in [0.4, 0.5) is 5.69 Å². The molecule has 6 heteroatoms. The molecule has 3 aromatic heterocycles. The van der Waals surface area contributed by atoms with Gasteiger partial charge in [-0.25, -0.2) is 4.52 Å². The Hall–Kier alpha value is -2.86. The van der Waals surface area contributed by atoms with Crippen LogP contribution in [0.3, 0.4) is 0 Å². The number of hydrogen-bond acceptors (Lipinski definition) is 5. The standard InChI is InChI=1S/C26H29N3O2S/c1-17-12-18(2)24(23(13-17)30-3)21-6-5-7-22-25(26(32-4)27-29(21)22)28(14-19-8-9-19)15-20-10-11-31-16-20/h5-7,10-13,16,19H,8-9,14-15H2,1-4H3. The predicted molar refractivity (Wildman–Crippen MR) is 131 cm³/mol. The maximum atomic E-state index is 5.79. The van der Waals surface area contributed by atoms with Crippen LogP contribution in [0.2, 0.25) is 0 Å². The van der Waals surface area contributed by atoms with Crippen LogP contribution in [0.5, 0.6) is 5.75 Å². The molecule has 0 bridgehead atoms. The largest absolute Gasteiger partial charge is 0.496 e. The Kier molecular flexibility index (Phi) is 5.64. The van der Waals surface area contributed by atoms with E-state index >= 15 is 0 Å². The van der Waals surface area contributed by atoms with Crippen molar-refractivity contribution >= 4 is 23.0 Å². The van der Waals surface area contributed by atoms with Gasteiger partial charge < -0.3 is 14.1 Å². The summed E-state index contributed by atoms with van der Waals surface area (Å²) in [6.07, 6.45) is 8.31. The fourth-order valence-electron chi connectivity index (χ4n) is 4.53. The number of rotatable bonds is 8. The number of hydrogen-bond donors (Lipinski definition) is 0. The van der Waals surface area contributed by atoms with Gasteiger partial charge in [0.1, 0.15) is 10.8 Å². The van der Waals surface area contributed by atoms with E-state index in [0.29, 0.717) is 0 Å². The van der Waals surface area contributed by atoms with Gasteiger partial charge >= 0.3 is 0 Å². The lowest BCUT2D eigenvalue weighted by atomic mass is 10.0. The molecule has 1 saturated carbocycles. The second-order valence-electron chi connectivity index (χ2n) is 8.68. The van der Waals surface area contributed by atoms with Gasteiger partial charge in [-0.1, -0.05) is 12.1 Å². The Labute approximate surface area is 193 Å². The van der Waals surface area contributed by atoms with E-state index in [2.05, 4.69) is 65.9 Å². The van der Waals surface area contributed by atoms with Gasteiger partial charge in [0, 0.05) is 24.2 Å². The fourth-order valence-corrected chi connectivity index (χ4v) is 5.12. The lowest BCUT2D eigenvalue weighted by molar-refractivity contribution is 0.415. The van der Waals surface area contributed by atoms with Crippen molar-refractivity contribution in [3.63, 3.8) is 0 Å². The Balaban J connectivity index is 1.68. The van der Waals surface area contributed by atoms with Gasteiger partial charge in [0.15, 0.2) is 0 Å². The summed E-state index contributed by atoms with van der Waals surface area (Å²) >= 11 is 1.70. The van der Waals surface area contributed by atoms with Gasteiger partial charge in [0.2, 0.25) is 0 Å². The van der Waals surface area contributed by atoms with Crippen molar-refractivity contribution in [2.24, 2.45) is 5.92 Å². The molecule has 1 aliphatic rings. The van der Waals surface area contributed by atoms with Crippen LogP contribution in [0.1, 0.15) is 29.5 Å². The monoisotopic (exact) mass is 447 g/mol. The molecule has 0 N–H and O–H groups in total. The Bertz CT molecular complexity index is 1240. The van der Waals surface area contributed by atoms with Crippen molar-refractivity contribution in [2.45, 2.75) is 38.3 Å². The van der Waals surface area contributed by atoms with Gasteiger partial charge in [-0.2, -0.15) is 5.10 Å². The topological polar surface area (TPSA) is 42.9 Å². The first kappa shape index (κ1) is 21.0. The molecule has 0 aliphatic heterocycles. The highest BCUT2D eigenvalue weighted by Gasteiger charge is 2.28. The number of nitrogens with zero attached hydrogens (tertiary/aromatic N) is 3. The molecule has 4 aromatic rings. The van der Waals surface area contributed by atoms with Crippen LogP contribution in [0, 0.1) is 19.8 Å². The van der Waals surface area contributed by atoms with Gasteiger partial charge in [0.25, 0.3) is 0 Å². The van der Waals surface area contributed by atoms with E-state index in [9.17, 15) is 0 Å². The van der Waals surface area contributed by atoms with E-state index < -0.39 is 0 Å². The lowest BCUT2D eigenvalue weighted by Crippen LogP contribution is -2.25. The van der Waals surface area contributed by atoms with Crippen LogP contribution in [0.25, 0.3) is 16.8 Å². The minimum absolute atomic E-state index is 0.758. The lowest BCUT2D eigenvalue weighted by Gasteiger charge is -2.24. The third kappa shape index (κ3) is 3.88. The number of fused-ring (bicyclic) bond motifs is 1. The summed E-state index contributed by atoms with van der Waals surface area (Å²) in [5.41, 5.74) is 8.03. The molecular weight excluding hydrogens is 418 g/mol. The summed E-state index contributed by atoms with van der Waals surface area (Å²) in [6.45, 7) is 6.10. The second-order valence-corrected chi connectivity index (χ2v) is 9.48. The highest BCUT2D eigenvalue weighted by molar-refractivity contribution is 7.98. The minimum atomic E-state index is 0.758. The number of ether oxygens (including phenoxy) is 1. The summed E-state index contributed by atoms with van der Waals surface area (Å²) < 4.78 is 13.2. The van der Waals surface area contributed by atoms with E-state index in [0.717, 1.165) is 46.6 Å². The molecule has 5 rings (SSSR count). The average Bonchev–Trinajstić information content (AvgIpc) is 3.29. The Morgan fingerprint density at radius 2 is 2.06 bits per heavy atom. The second kappa shape index (κ2) is 8.58. The third-order valence-corrected chi connectivity index (χ3v) is 6.82. The average molecular weight is 448 g/mol. The first-order valence-corrected chi connectivity index (χ1v) is 12.3. The molecule has 5 nitrogen and oxygen atoms in total. The normalized spacial score (nSPS) is 13.6. The summed E-state index contributed by atoms with van der Waals surface area (Å²) in [5.74, 6) is 1.64. The molecule has 0 spiro atoms. The van der Waals surface area contributed by atoms with Crippen LogP contribution < -0.4 is 9.64 Å². The zero-order chi connectivity index (χ0) is 22.2. The molecule has 1 aromatic carbocycles. The molecule has 0 amide bonds. The maximum absolute atomic E-state index is 5.79. The molecule has 166 valence electrons. The van der Waals surface area contributed by atoms with E-state index in [-0.39, 0.29) is 0 Å². The number of anilines is 1. The van der Waals surface area contributed by atoms with Crippen LogP contribution in [-0.4, -0.2) is 29.5 Å². The first-order chi connectivity index (χ1) is 15.6. The van der Waals surface area contributed by atoms with Crippen molar-refractivity contribution < 1.29 is 9.15 Å². The van der Waals surface area contributed by atoms with Gasteiger partial charge in [-0.15, -0.1) is 11.8 Å². The van der Waals surface area contributed by atoms with Crippen LogP contribution in [-0.2, 0) is 6.54 Å². The Morgan fingerprint density at radius 3 is 2.75 bits per heavy atom. The number of methoxy groups -OCH3 is 1. The van der Waals surface area contributed by atoms with Crippen molar-refractivity contribution in [3.05, 3.63) is 65.6 Å². The summed E-state index contributed by atoms with van der Waals surface area (Å²) in [4.78, 5) is 2.49.